The molecule has 2 atom stereocenters. The van der Waals surface area contributed by atoms with E-state index in [1.165, 1.54) is 15.3 Å². The molecule has 2 amide bonds. The average Bonchev–Trinajstić information content (AvgIpc) is 2.92. The van der Waals surface area contributed by atoms with Gasteiger partial charge in [-0.2, -0.15) is 0 Å². The van der Waals surface area contributed by atoms with Crippen LogP contribution in [0.1, 0.15) is 48.6 Å². The first kappa shape index (κ1) is 17.0. The number of rotatable bonds is 5. The molecular formula is C17H26N2O2S. The smallest absolute Gasteiger partial charge is 0.225 e. The Morgan fingerprint density at radius 3 is 2.64 bits per heavy atom. The molecular weight excluding hydrogens is 296 g/mol. The Bertz CT molecular complexity index is 565. The molecule has 0 aliphatic carbocycles. The van der Waals surface area contributed by atoms with Crippen molar-refractivity contribution in [3.63, 3.8) is 0 Å². The van der Waals surface area contributed by atoms with Crippen molar-refractivity contribution in [2.45, 2.75) is 47.1 Å². The summed E-state index contributed by atoms with van der Waals surface area (Å²) < 4.78 is 0. The SMILES string of the molecule is Cc1cc([C@H](C)NC(=O)[C@H]2CC(=O)N(CC(C)C)C2)c(C)s1. The van der Waals surface area contributed by atoms with Gasteiger partial charge in [0.05, 0.1) is 12.0 Å². The highest BCUT2D eigenvalue weighted by atomic mass is 32.1. The summed E-state index contributed by atoms with van der Waals surface area (Å²) >= 11 is 1.75. The topological polar surface area (TPSA) is 49.4 Å². The van der Waals surface area contributed by atoms with Crippen LogP contribution in [0.2, 0.25) is 0 Å². The molecule has 1 N–H and O–H groups in total. The van der Waals surface area contributed by atoms with Crippen molar-refractivity contribution in [3.8, 4) is 0 Å². The molecule has 0 spiro atoms. The van der Waals surface area contributed by atoms with Crippen LogP contribution in [-0.2, 0) is 9.59 Å². The molecule has 22 heavy (non-hydrogen) atoms. The minimum Gasteiger partial charge on any atom is -0.349 e. The van der Waals surface area contributed by atoms with Gasteiger partial charge in [0.15, 0.2) is 0 Å². The maximum absolute atomic E-state index is 12.4. The fourth-order valence-electron chi connectivity index (χ4n) is 3.05. The number of thiophene rings is 1. The number of nitrogens with one attached hydrogen (secondary N) is 1. The Kier molecular flexibility index (Phi) is 5.27. The molecule has 0 bridgehead atoms. The second kappa shape index (κ2) is 6.82. The van der Waals surface area contributed by atoms with E-state index in [0.717, 1.165) is 6.54 Å². The quantitative estimate of drug-likeness (QED) is 0.906. The fraction of sp³-hybridized carbons (Fsp3) is 0.647. The first-order chi connectivity index (χ1) is 10.3. The third-order valence-electron chi connectivity index (χ3n) is 4.08. The lowest BCUT2D eigenvalue weighted by Gasteiger charge is -2.20. The Morgan fingerprint density at radius 1 is 1.41 bits per heavy atom. The molecule has 0 radical (unpaired) electrons. The minimum atomic E-state index is -0.214. The number of amides is 2. The predicted octanol–water partition coefficient (Wildman–Crippen LogP) is 3.05. The monoisotopic (exact) mass is 322 g/mol. The van der Waals surface area contributed by atoms with Crippen molar-refractivity contribution in [1.29, 1.82) is 0 Å². The van der Waals surface area contributed by atoms with Crippen LogP contribution >= 0.6 is 11.3 Å². The highest BCUT2D eigenvalue weighted by molar-refractivity contribution is 7.12. The summed E-state index contributed by atoms with van der Waals surface area (Å²) in [5.41, 5.74) is 1.18. The molecule has 0 unspecified atom stereocenters. The van der Waals surface area contributed by atoms with Gasteiger partial charge in [-0.15, -0.1) is 11.3 Å². The predicted molar refractivity (Wildman–Crippen MR) is 89.9 cm³/mol. The van der Waals surface area contributed by atoms with E-state index in [1.807, 2.05) is 11.8 Å². The van der Waals surface area contributed by atoms with Gasteiger partial charge in [-0.3, -0.25) is 9.59 Å². The molecule has 1 aliphatic rings. The second-order valence-corrected chi connectivity index (χ2v) is 8.15. The van der Waals surface area contributed by atoms with Crippen molar-refractivity contribution in [2.24, 2.45) is 11.8 Å². The van der Waals surface area contributed by atoms with E-state index in [-0.39, 0.29) is 23.8 Å². The van der Waals surface area contributed by atoms with Gasteiger partial charge in [-0.05, 0) is 38.3 Å². The van der Waals surface area contributed by atoms with Crippen LogP contribution in [0.3, 0.4) is 0 Å². The number of hydrogen-bond donors (Lipinski definition) is 1. The standard InChI is InChI=1S/C17H26N2O2S/c1-10(2)8-19-9-14(7-16(19)20)17(21)18-12(4)15-6-11(3)22-13(15)5/h6,10,12,14H,7-9H2,1-5H3,(H,18,21)/t12-,14-/m0/s1. The maximum atomic E-state index is 12.4. The molecule has 0 aromatic carbocycles. The molecule has 1 aromatic rings. The largest absolute Gasteiger partial charge is 0.349 e. The van der Waals surface area contributed by atoms with Gasteiger partial charge in [-0.1, -0.05) is 13.8 Å². The molecule has 0 saturated carbocycles. The molecule has 1 fully saturated rings. The van der Waals surface area contributed by atoms with Crippen LogP contribution in [0.5, 0.6) is 0 Å². The first-order valence-corrected chi connectivity index (χ1v) is 8.74. The second-order valence-electron chi connectivity index (χ2n) is 6.69. The number of likely N-dealkylation sites (tertiary alicyclic amines) is 1. The van der Waals surface area contributed by atoms with Gasteiger partial charge in [-0.25, -0.2) is 0 Å². The number of hydrogen-bond acceptors (Lipinski definition) is 3. The highest BCUT2D eigenvalue weighted by Crippen LogP contribution is 2.27. The molecule has 2 heterocycles. The van der Waals surface area contributed by atoms with E-state index < -0.39 is 0 Å². The summed E-state index contributed by atoms with van der Waals surface area (Å²) in [6, 6.07) is 2.13. The molecule has 5 heteroatoms. The maximum Gasteiger partial charge on any atom is 0.225 e. The van der Waals surface area contributed by atoms with E-state index in [1.54, 1.807) is 11.3 Å². The number of aryl methyl sites for hydroxylation is 2. The van der Waals surface area contributed by atoms with Gasteiger partial charge in [0.1, 0.15) is 0 Å². The summed E-state index contributed by atoms with van der Waals surface area (Å²) in [5.74, 6) is 0.314. The molecule has 1 aromatic heterocycles. The van der Waals surface area contributed by atoms with Crippen molar-refractivity contribution in [1.82, 2.24) is 10.2 Å². The summed E-state index contributed by atoms with van der Waals surface area (Å²) in [4.78, 5) is 28.7. The lowest BCUT2D eigenvalue weighted by molar-refractivity contribution is -0.129. The van der Waals surface area contributed by atoms with Crippen LogP contribution < -0.4 is 5.32 Å². The molecule has 4 nitrogen and oxygen atoms in total. The molecule has 1 saturated heterocycles. The molecule has 2 rings (SSSR count). The van der Waals surface area contributed by atoms with Crippen molar-refractivity contribution < 1.29 is 9.59 Å². The number of carbonyl (C=O) groups excluding carboxylic acids is 2. The lowest BCUT2D eigenvalue weighted by atomic mass is 10.1. The minimum absolute atomic E-state index is 0.00430. The number of nitrogens with zero attached hydrogens (tertiary/aromatic N) is 1. The zero-order chi connectivity index (χ0) is 16.4. The van der Waals surface area contributed by atoms with E-state index in [4.69, 9.17) is 0 Å². The van der Waals surface area contributed by atoms with Crippen LogP contribution in [-0.4, -0.2) is 29.8 Å². The summed E-state index contributed by atoms with van der Waals surface area (Å²) in [5, 5.41) is 3.08. The van der Waals surface area contributed by atoms with Gasteiger partial charge < -0.3 is 10.2 Å². The Morgan fingerprint density at radius 2 is 2.09 bits per heavy atom. The Hall–Kier alpha value is -1.36. The zero-order valence-corrected chi connectivity index (χ0v) is 14.9. The summed E-state index contributed by atoms with van der Waals surface area (Å²) in [6.45, 7) is 11.6. The lowest BCUT2D eigenvalue weighted by Crippen LogP contribution is -2.35. The van der Waals surface area contributed by atoms with Crippen LogP contribution in [0, 0.1) is 25.7 Å². The highest BCUT2D eigenvalue weighted by Gasteiger charge is 2.34. The first-order valence-electron chi connectivity index (χ1n) is 7.93. The third-order valence-corrected chi connectivity index (χ3v) is 5.06. The number of carbonyl (C=O) groups is 2. The Balaban J connectivity index is 1.95. The molecule has 122 valence electrons. The van der Waals surface area contributed by atoms with E-state index in [0.29, 0.717) is 18.9 Å². The van der Waals surface area contributed by atoms with Crippen molar-refractivity contribution in [2.75, 3.05) is 13.1 Å². The molecule has 1 aliphatic heterocycles. The normalized spacial score (nSPS) is 19.8. The summed E-state index contributed by atoms with van der Waals surface area (Å²) in [7, 11) is 0. The van der Waals surface area contributed by atoms with E-state index in [2.05, 4.69) is 39.1 Å². The average molecular weight is 322 g/mol. The van der Waals surface area contributed by atoms with Crippen LogP contribution in [0.4, 0.5) is 0 Å². The summed E-state index contributed by atoms with van der Waals surface area (Å²) in [6.07, 6.45) is 0.340. The van der Waals surface area contributed by atoms with Crippen LogP contribution in [0.15, 0.2) is 6.07 Å². The van der Waals surface area contributed by atoms with Crippen molar-refractivity contribution in [3.05, 3.63) is 21.4 Å². The van der Waals surface area contributed by atoms with Gasteiger partial charge in [0.25, 0.3) is 0 Å². The zero-order valence-electron chi connectivity index (χ0n) is 14.1. The van der Waals surface area contributed by atoms with E-state index in [9.17, 15) is 9.59 Å². The van der Waals surface area contributed by atoms with Crippen molar-refractivity contribution >= 4 is 23.2 Å². The van der Waals surface area contributed by atoms with Crippen LogP contribution in [0.25, 0.3) is 0 Å². The van der Waals surface area contributed by atoms with Gasteiger partial charge in [0, 0.05) is 29.3 Å². The fourth-order valence-corrected chi connectivity index (χ4v) is 4.08. The van der Waals surface area contributed by atoms with Gasteiger partial charge >= 0.3 is 0 Å². The van der Waals surface area contributed by atoms with E-state index >= 15 is 0 Å². The van der Waals surface area contributed by atoms with Gasteiger partial charge in [0.2, 0.25) is 11.8 Å². The Labute approximate surface area is 136 Å². The third kappa shape index (κ3) is 3.88.